The molecule has 0 saturated carbocycles. The van der Waals surface area contributed by atoms with Crippen LogP contribution < -0.4 is 10.0 Å². The van der Waals surface area contributed by atoms with Crippen LogP contribution >= 0.6 is 12.8 Å². The van der Waals surface area contributed by atoms with Gasteiger partial charge < -0.3 is 5.73 Å². The maximum Gasteiger partial charge on any atom is 0.329 e. The fraction of sp³-hybridized carbons (Fsp3) is 0. The van der Waals surface area contributed by atoms with Crippen molar-refractivity contribution in [1.82, 2.24) is 10.2 Å². The van der Waals surface area contributed by atoms with E-state index in [1.54, 1.807) is 0 Å². The highest BCUT2D eigenvalue weighted by molar-refractivity contribution is 7.82. The Balaban J connectivity index is 2.77. The fourth-order valence-electron chi connectivity index (χ4n) is 0.487. The van der Waals surface area contributed by atoms with Crippen molar-refractivity contribution in [2.75, 3.05) is 4.31 Å². The number of aromatic amines is 1. The standard InChI is InChI=1S/C4H6N4OS/c5-4(9)8(10)3-1-6-7-2-3/h1-2,10H,(H2,5,9)(H,6,7). The molecule has 1 aromatic heterocycles. The number of carbonyl (C=O) groups is 1. The first kappa shape index (κ1) is 6.94. The quantitative estimate of drug-likeness (QED) is 0.508. The van der Waals surface area contributed by atoms with E-state index in [2.05, 4.69) is 23.0 Å². The van der Waals surface area contributed by atoms with E-state index in [4.69, 9.17) is 5.73 Å². The second-order valence-corrected chi connectivity index (χ2v) is 2.01. The molecular weight excluding hydrogens is 152 g/mol. The molecule has 10 heavy (non-hydrogen) atoms. The number of primary amides is 1. The third-order valence-corrected chi connectivity index (χ3v) is 1.37. The highest BCUT2D eigenvalue weighted by Crippen LogP contribution is 2.11. The van der Waals surface area contributed by atoms with Crippen molar-refractivity contribution in [1.29, 1.82) is 0 Å². The van der Waals surface area contributed by atoms with Crippen molar-refractivity contribution >= 4 is 24.5 Å². The minimum absolute atomic E-state index is 0.524. The molecule has 0 fully saturated rings. The van der Waals surface area contributed by atoms with Gasteiger partial charge in [0.05, 0.1) is 11.9 Å². The van der Waals surface area contributed by atoms with E-state index in [-0.39, 0.29) is 0 Å². The highest BCUT2D eigenvalue weighted by Gasteiger charge is 2.06. The van der Waals surface area contributed by atoms with Crippen LogP contribution in [0.4, 0.5) is 10.5 Å². The van der Waals surface area contributed by atoms with Crippen LogP contribution in [0.1, 0.15) is 0 Å². The average molecular weight is 158 g/mol. The van der Waals surface area contributed by atoms with Gasteiger partial charge in [-0.05, 0) is 0 Å². The Hall–Kier alpha value is -1.17. The van der Waals surface area contributed by atoms with Crippen molar-refractivity contribution in [3.8, 4) is 0 Å². The second kappa shape index (κ2) is 2.61. The van der Waals surface area contributed by atoms with E-state index < -0.39 is 6.03 Å². The van der Waals surface area contributed by atoms with Crippen molar-refractivity contribution < 1.29 is 4.79 Å². The topological polar surface area (TPSA) is 75.0 Å². The van der Waals surface area contributed by atoms with Crippen LogP contribution in [0.15, 0.2) is 12.4 Å². The summed E-state index contributed by atoms with van der Waals surface area (Å²) >= 11 is 3.78. The molecule has 1 aromatic rings. The van der Waals surface area contributed by atoms with Gasteiger partial charge in [0.2, 0.25) is 0 Å². The van der Waals surface area contributed by atoms with Gasteiger partial charge in [-0.25, -0.2) is 9.10 Å². The zero-order valence-corrected chi connectivity index (χ0v) is 5.88. The lowest BCUT2D eigenvalue weighted by Gasteiger charge is -2.07. The molecule has 5 nitrogen and oxygen atoms in total. The summed E-state index contributed by atoms with van der Waals surface area (Å²) in [7, 11) is 0. The number of thiol groups is 1. The van der Waals surface area contributed by atoms with E-state index >= 15 is 0 Å². The maximum absolute atomic E-state index is 10.4. The summed E-state index contributed by atoms with van der Waals surface area (Å²) in [6.45, 7) is 0. The van der Waals surface area contributed by atoms with Crippen molar-refractivity contribution in [2.45, 2.75) is 0 Å². The minimum Gasteiger partial charge on any atom is -0.350 e. The first-order chi connectivity index (χ1) is 4.72. The molecule has 1 rings (SSSR count). The van der Waals surface area contributed by atoms with Crippen LogP contribution in [0.5, 0.6) is 0 Å². The van der Waals surface area contributed by atoms with Gasteiger partial charge in [-0.2, -0.15) is 5.10 Å². The molecule has 0 saturated heterocycles. The molecule has 0 aliphatic rings. The summed E-state index contributed by atoms with van der Waals surface area (Å²) in [5, 5.41) is 6.12. The zero-order chi connectivity index (χ0) is 7.56. The molecule has 0 aromatic carbocycles. The Kier molecular flexibility index (Phi) is 1.81. The molecule has 1 heterocycles. The number of anilines is 1. The van der Waals surface area contributed by atoms with E-state index in [0.29, 0.717) is 5.69 Å². The predicted molar refractivity (Wildman–Crippen MR) is 39.6 cm³/mol. The SMILES string of the molecule is NC(=O)N(S)c1cn[nH]c1. The maximum atomic E-state index is 10.4. The molecule has 2 amide bonds. The van der Waals surface area contributed by atoms with Crippen molar-refractivity contribution in [2.24, 2.45) is 5.73 Å². The first-order valence-corrected chi connectivity index (χ1v) is 2.89. The van der Waals surface area contributed by atoms with Gasteiger partial charge in [0.1, 0.15) is 0 Å². The summed E-state index contributed by atoms with van der Waals surface area (Å²) < 4.78 is 0.990. The van der Waals surface area contributed by atoms with E-state index in [1.807, 2.05) is 0 Å². The Labute approximate surface area is 62.7 Å². The number of hydrogen-bond acceptors (Lipinski definition) is 3. The van der Waals surface area contributed by atoms with Gasteiger partial charge in [0.25, 0.3) is 0 Å². The molecule has 0 atom stereocenters. The van der Waals surface area contributed by atoms with E-state index in [1.165, 1.54) is 12.4 Å². The van der Waals surface area contributed by atoms with Crippen LogP contribution in [0.3, 0.4) is 0 Å². The van der Waals surface area contributed by atoms with Crippen LogP contribution in [0.25, 0.3) is 0 Å². The fourth-order valence-corrected chi connectivity index (χ4v) is 0.597. The van der Waals surface area contributed by atoms with Crippen molar-refractivity contribution in [3.63, 3.8) is 0 Å². The summed E-state index contributed by atoms with van der Waals surface area (Å²) in [5.41, 5.74) is 5.42. The van der Waals surface area contributed by atoms with Gasteiger partial charge >= 0.3 is 6.03 Å². The zero-order valence-electron chi connectivity index (χ0n) is 4.98. The van der Waals surface area contributed by atoms with Gasteiger partial charge in [-0.15, -0.1) is 0 Å². The average Bonchev–Trinajstić information content (AvgIpc) is 2.36. The Bertz CT molecular complexity index is 221. The summed E-state index contributed by atoms with van der Waals surface area (Å²) in [6.07, 6.45) is 2.95. The molecule has 54 valence electrons. The van der Waals surface area contributed by atoms with Gasteiger partial charge in [0, 0.05) is 6.20 Å². The molecule has 0 bridgehead atoms. The number of rotatable bonds is 1. The molecule has 0 aliphatic carbocycles. The molecular formula is C4H6N4OS. The number of carbonyl (C=O) groups excluding carboxylic acids is 1. The van der Waals surface area contributed by atoms with E-state index in [9.17, 15) is 4.79 Å². The molecule has 0 unspecified atom stereocenters. The lowest BCUT2D eigenvalue weighted by molar-refractivity contribution is 0.257. The lowest BCUT2D eigenvalue weighted by Crippen LogP contribution is -2.26. The predicted octanol–water partition coefficient (Wildman–Crippen LogP) is 0.140. The summed E-state index contributed by atoms with van der Waals surface area (Å²) in [4.78, 5) is 10.4. The van der Waals surface area contributed by atoms with Crippen LogP contribution in [-0.2, 0) is 0 Å². The smallest absolute Gasteiger partial charge is 0.329 e. The largest absolute Gasteiger partial charge is 0.350 e. The number of aromatic nitrogens is 2. The third kappa shape index (κ3) is 1.21. The van der Waals surface area contributed by atoms with E-state index in [0.717, 1.165) is 4.31 Å². The Morgan fingerprint density at radius 2 is 2.60 bits per heavy atom. The normalized spacial score (nSPS) is 9.30. The number of amides is 2. The van der Waals surface area contributed by atoms with Crippen LogP contribution in [-0.4, -0.2) is 16.2 Å². The Morgan fingerprint density at radius 3 is 3.00 bits per heavy atom. The number of hydrogen-bond donors (Lipinski definition) is 3. The number of H-pyrrole nitrogens is 1. The summed E-state index contributed by atoms with van der Waals surface area (Å²) in [5.74, 6) is 0. The van der Waals surface area contributed by atoms with Gasteiger partial charge in [-0.3, -0.25) is 5.10 Å². The molecule has 0 radical (unpaired) electrons. The highest BCUT2D eigenvalue weighted by atomic mass is 32.1. The Morgan fingerprint density at radius 1 is 1.90 bits per heavy atom. The molecule has 6 heteroatoms. The third-order valence-electron chi connectivity index (χ3n) is 0.937. The number of nitrogens with zero attached hydrogens (tertiary/aromatic N) is 2. The molecule has 0 aliphatic heterocycles. The number of nitrogens with one attached hydrogen (secondary N) is 1. The van der Waals surface area contributed by atoms with Crippen LogP contribution in [0, 0.1) is 0 Å². The lowest BCUT2D eigenvalue weighted by atomic mass is 10.6. The monoisotopic (exact) mass is 158 g/mol. The summed E-state index contributed by atoms with van der Waals surface area (Å²) in [6, 6.07) is -0.635. The second-order valence-electron chi connectivity index (χ2n) is 1.61. The van der Waals surface area contributed by atoms with Gasteiger partial charge in [-0.1, -0.05) is 12.8 Å². The first-order valence-electron chi connectivity index (χ1n) is 2.49. The molecule has 0 spiro atoms. The van der Waals surface area contributed by atoms with Crippen LogP contribution in [0.2, 0.25) is 0 Å². The minimum atomic E-state index is -0.635. The van der Waals surface area contributed by atoms with Gasteiger partial charge in [0.15, 0.2) is 0 Å². The number of nitrogens with two attached hydrogens (primary N) is 1. The van der Waals surface area contributed by atoms with Crippen molar-refractivity contribution in [3.05, 3.63) is 12.4 Å². The molecule has 3 N–H and O–H groups in total. The number of urea groups is 1.